The molecule has 0 aromatic carbocycles. The number of carbonyl (C=O) groups is 1. The molecule has 0 bridgehead atoms. The Morgan fingerprint density at radius 3 is 2.67 bits per heavy atom. The van der Waals surface area contributed by atoms with Gasteiger partial charge in [0.25, 0.3) is 0 Å². The van der Waals surface area contributed by atoms with E-state index in [0.29, 0.717) is 18.9 Å². The molecule has 0 aliphatic heterocycles. The van der Waals surface area contributed by atoms with Crippen LogP contribution >= 0.6 is 0 Å². The molecule has 0 amide bonds. The fourth-order valence-electron chi connectivity index (χ4n) is 3.13. The molecule has 0 spiro atoms. The summed E-state index contributed by atoms with van der Waals surface area (Å²) in [5.41, 5.74) is -0.0330. The van der Waals surface area contributed by atoms with Gasteiger partial charge in [-0.05, 0) is 51.0 Å². The molecular weight excluding hydrogens is 226 g/mol. The molecule has 3 heteroatoms. The van der Waals surface area contributed by atoms with E-state index in [9.17, 15) is 4.79 Å². The second kappa shape index (κ2) is 7.13. The van der Waals surface area contributed by atoms with Gasteiger partial charge < -0.3 is 10.1 Å². The molecule has 3 unspecified atom stereocenters. The van der Waals surface area contributed by atoms with Crippen LogP contribution in [0.1, 0.15) is 59.8 Å². The van der Waals surface area contributed by atoms with E-state index in [4.69, 9.17) is 4.74 Å². The molecule has 106 valence electrons. The summed E-state index contributed by atoms with van der Waals surface area (Å²) in [5.74, 6) is 1.26. The minimum atomic E-state index is -0.0532. The summed E-state index contributed by atoms with van der Waals surface area (Å²) in [6.45, 7) is 10.1. The fourth-order valence-corrected chi connectivity index (χ4v) is 3.13. The van der Waals surface area contributed by atoms with Crippen molar-refractivity contribution in [1.29, 1.82) is 0 Å². The Morgan fingerprint density at radius 2 is 2.11 bits per heavy atom. The molecule has 3 nitrogen and oxygen atoms in total. The van der Waals surface area contributed by atoms with Gasteiger partial charge in [-0.1, -0.05) is 20.8 Å². The van der Waals surface area contributed by atoms with Crippen LogP contribution in [0.15, 0.2) is 0 Å². The van der Waals surface area contributed by atoms with Crippen molar-refractivity contribution in [3.05, 3.63) is 0 Å². The monoisotopic (exact) mass is 255 g/mol. The van der Waals surface area contributed by atoms with Gasteiger partial charge in [0.2, 0.25) is 0 Å². The third kappa shape index (κ3) is 3.98. The quantitative estimate of drug-likeness (QED) is 0.741. The minimum absolute atomic E-state index is 0.0330. The lowest BCUT2D eigenvalue weighted by atomic mass is 9.68. The highest BCUT2D eigenvalue weighted by atomic mass is 16.5. The zero-order valence-corrected chi connectivity index (χ0v) is 12.4. The maximum atomic E-state index is 11.8. The standard InChI is InChI=1S/C15H29NO2/c1-5-9-16-15(11-14(17)18-6-2)8-7-12(3)10-13(15)4/h12-13,16H,5-11H2,1-4H3. The van der Waals surface area contributed by atoms with Crippen LogP contribution in [0.3, 0.4) is 0 Å². The van der Waals surface area contributed by atoms with Crippen LogP contribution in [0.25, 0.3) is 0 Å². The van der Waals surface area contributed by atoms with Gasteiger partial charge in [-0.3, -0.25) is 4.79 Å². The van der Waals surface area contributed by atoms with Crippen molar-refractivity contribution in [2.24, 2.45) is 11.8 Å². The predicted octanol–water partition coefficient (Wildman–Crippen LogP) is 3.13. The van der Waals surface area contributed by atoms with Crippen molar-refractivity contribution in [3.8, 4) is 0 Å². The van der Waals surface area contributed by atoms with Crippen LogP contribution in [0.5, 0.6) is 0 Å². The molecule has 1 fully saturated rings. The number of hydrogen-bond donors (Lipinski definition) is 1. The van der Waals surface area contributed by atoms with Crippen LogP contribution < -0.4 is 5.32 Å². The number of ether oxygens (including phenoxy) is 1. The first kappa shape index (κ1) is 15.5. The van der Waals surface area contributed by atoms with Gasteiger partial charge in [0.05, 0.1) is 13.0 Å². The summed E-state index contributed by atoms with van der Waals surface area (Å²) in [7, 11) is 0. The molecule has 0 radical (unpaired) electrons. The Hall–Kier alpha value is -0.570. The second-order valence-electron chi connectivity index (χ2n) is 5.85. The molecular formula is C15H29NO2. The van der Waals surface area contributed by atoms with E-state index in [0.717, 1.165) is 25.3 Å². The fraction of sp³-hybridized carbons (Fsp3) is 0.933. The van der Waals surface area contributed by atoms with E-state index in [1.54, 1.807) is 0 Å². The topological polar surface area (TPSA) is 38.3 Å². The van der Waals surface area contributed by atoms with E-state index in [1.165, 1.54) is 12.8 Å². The van der Waals surface area contributed by atoms with Crippen molar-refractivity contribution in [3.63, 3.8) is 0 Å². The largest absolute Gasteiger partial charge is 0.466 e. The molecule has 3 atom stereocenters. The lowest BCUT2D eigenvalue weighted by Crippen LogP contribution is -2.54. The lowest BCUT2D eigenvalue weighted by molar-refractivity contribution is -0.146. The Morgan fingerprint density at radius 1 is 1.39 bits per heavy atom. The second-order valence-corrected chi connectivity index (χ2v) is 5.85. The molecule has 0 aromatic rings. The van der Waals surface area contributed by atoms with Gasteiger partial charge in [0, 0.05) is 5.54 Å². The van der Waals surface area contributed by atoms with Gasteiger partial charge in [-0.2, -0.15) is 0 Å². The van der Waals surface area contributed by atoms with E-state index < -0.39 is 0 Å². The van der Waals surface area contributed by atoms with Crippen molar-refractivity contribution < 1.29 is 9.53 Å². The van der Waals surface area contributed by atoms with Crippen molar-refractivity contribution in [2.45, 2.75) is 65.3 Å². The molecule has 0 aromatic heterocycles. The van der Waals surface area contributed by atoms with Crippen molar-refractivity contribution in [1.82, 2.24) is 5.32 Å². The maximum Gasteiger partial charge on any atom is 0.307 e. The highest BCUT2D eigenvalue weighted by Crippen LogP contribution is 2.39. The van der Waals surface area contributed by atoms with E-state index in [-0.39, 0.29) is 11.5 Å². The number of hydrogen-bond acceptors (Lipinski definition) is 3. The molecule has 18 heavy (non-hydrogen) atoms. The first-order valence-electron chi connectivity index (χ1n) is 7.44. The lowest BCUT2D eigenvalue weighted by Gasteiger charge is -2.45. The summed E-state index contributed by atoms with van der Waals surface area (Å²) in [4.78, 5) is 11.8. The highest BCUT2D eigenvalue weighted by molar-refractivity contribution is 5.71. The molecule has 0 saturated heterocycles. The summed E-state index contributed by atoms with van der Waals surface area (Å²) in [6, 6.07) is 0. The van der Waals surface area contributed by atoms with Crippen LogP contribution in [0, 0.1) is 11.8 Å². The first-order valence-corrected chi connectivity index (χ1v) is 7.44. The van der Waals surface area contributed by atoms with Gasteiger partial charge >= 0.3 is 5.97 Å². The highest BCUT2D eigenvalue weighted by Gasteiger charge is 2.41. The SMILES string of the molecule is CCCNC1(CC(=O)OCC)CCC(C)CC1C. The number of carbonyl (C=O) groups excluding carboxylic acids is 1. The van der Waals surface area contributed by atoms with Crippen LogP contribution in [-0.2, 0) is 9.53 Å². The van der Waals surface area contributed by atoms with E-state index >= 15 is 0 Å². The molecule has 1 N–H and O–H groups in total. The smallest absolute Gasteiger partial charge is 0.307 e. The molecule has 0 heterocycles. The zero-order valence-electron chi connectivity index (χ0n) is 12.4. The number of rotatable bonds is 6. The first-order chi connectivity index (χ1) is 8.54. The van der Waals surface area contributed by atoms with Gasteiger partial charge in [0.1, 0.15) is 0 Å². The minimum Gasteiger partial charge on any atom is -0.466 e. The molecule has 1 aliphatic carbocycles. The number of nitrogens with one attached hydrogen (secondary N) is 1. The van der Waals surface area contributed by atoms with E-state index in [2.05, 4.69) is 26.1 Å². The average molecular weight is 255 g/mol. The maximum absolute atomic E-state index is 11.8. The van der Waals surface area contributed by atoms with Crippen molar-refractivity contribution in [2.75, 3.05) is 13.2 Å². The Bertz CT molecular complexity index is 263. The zero-order chi connectivity index (χ0) is 13.6. The van der Waals surface area contributed by atoms with Gasteiger partial charge in [-0.15, -0.1) is 0 Å². The Balaban J connectivity index is 2.71. The van der Waals surface area contributed by atoms with Gasteiger partial charge in [-0.25, -0.2) is 0 Å². The average Bonchev–Trinajstić information content (AvgIpc) is 2.31. The van der Waals surface area contributed by atoms with Crippen molar-refractivity contribution >= 4 is 5.97 Å². The normalized spacial score (nSPS) is 32.2. The third-order valence-electron chi connectivity index (χ3n) is 4.27. The number of esters is 1. The third-order valence-corrected chi connectivity index (χ3v) is 4.27. The van der Waals surface area contributed by atoms with Crippen LogP contribution in [0.4, 0.5) is 0 Å². The summed E-state index contributed by atoms with van der Waals surface area (Å²) in [6.07, 6.45) is 5.13. The van der Waals surface area contributed by atoms with Crippen LogP contribution in [0.2, 0.25) is 0 Å². The molecule has 1 rings (SSSR count). The van der Waals surface area contributed by atoms with E-state index in [1.807, 2.05) is 6.92 Å². The van der Waals surface area contributed by atoms with Crippen LogP contribution in [-0.4, -0.2) is 24.7 Å². The summed E-state index contributed by atoms with van der Waals surface area (Å²) in [5, 5.41) is 3.64. The Labute approximate surface area is 112 Å². The molecule has 1 aliphatic rings. The summed E-state index contributed by atoms with van der Waals surface area (Å²) < 4.78 is 5.15. The van der Waals surface area contributed by atoms with Gasteiger partial charge in [0.15, 0.2) is 0 Å². The molecule has 1 saturated carbocycles. The Kier molecular flexibility index (Phi) is 6.13. The predicted molar refractivity (Wildman–Crippen MR) is 74.5 cm³/mol. The summed E-state index contributed by atoms with van der Waals surface area (Å²) >= 11 is 0.